The first kappa shape index (κ1) is 12.6. The van der Waals surface area contributed by atoms with E-state index in [-0.39, 0.29) is 0 Å². The smallest absolute Gasteiger partial charge is 0.123 e. The zero-order chi connectivity index (χ0) is 13.9. The first-order valence-corrected chi connectivity index (χ1v) is 6.60. The summed E-state index contributed by atoms with van der Waals surface area (Å²) in [7, 11) is 0. The topological polar surface area (TPSA) is 59.1 Å². The highest BCUT2D eigenvalue weighted by atomic mass is 16.3. The molecule has 0 aliphatic heterocycles. The van der Waals surface area contributed by atoms with Crippen LogP contribution in [0.2, 0.25) is 0 Å². The Balaban J connectivity index is 1.94. The summed E-state index contributed by atoms with van der Waals surface area (Å²) in [6.07, 6.45) is 1.64. The summed E-state index contributed by atoms with van der Waals surface area (Å²) in [5.74, 6) is 0.479. The van der Waals surface area contributed by atoms with Crippen molar-refractivity contribution in [2.75, 3.05) is 5.73 Å². The van der Waals surface area contributed by atoms with E-state index in [1.165, 1.54) is 0 Å². The van der Waals surface area contributed by atoms with Crippen molar-refractivity contribution >= 4 is 16.6 Å². The second kappa shape index (κ2) is 5.31. The minimum Gasteiger partial charge on any atom is -0.388 e. The fraction of sp³-hybridized carbons (Fsp3) is 0.118. The number of fused-ring (bicyclic) bond motifs is 1. The van der Waals surface area contributed by atoms with Crippen molar-refractivity contribution in [3.8, 4) is 0 Å². The van der Waals surface area contributed by atoms with Crippen LogP contribution < -0.4 is 5.73 Å². The van der Waals surface area contributed by atoms with E-state index in [9.17, 15) is 5.11 Å². The van der Waals surface area contributed by atoms with Crippen molar-refractivity contribution < 1.29 is 5.11 Å². The lowest BCUT2D eigenvalue weighted by atomic mass is 9.96. The fourth-order valence-corrected chi connectivity index (χ4v) is 2.50. The van der Waals surface area contributed by atoms with E-state index >= 15 is 0 Å². The molecule has 20 heavy (non-hydrogen) atoms. The van der Waals surface area contributed by atoms with Crippen LogP contribution in [-0.2, 0) is 6.42 Å². The number of nitrogens with zero attached hydrogens (tertiary/aromatic N) is 1. The maximum atomic E-state index is 10.5. The number of hydrogen-bond donors (Lipinski definition) is 2. The predicted molar refractivity (Wildman–Crippen MR) is 81.3 cm³/mol. The largest absolute Gasteiger partial charge is 0.388 e. The average Bonchev–Trinajstić information content (AvgIpc) is 2.46. The van der Waals surface area contributed by atoms with Crippen molar-refractivity contribution in [2.24, 2.45) is 0 Å². The Labute approximate surface area is 117 Å². The van der Waals surface area contributed by atoms with E-state index in [2.05, 4.69) is 17.1 Å². The molecule has 0 amide bonds. The Morgan fingerprint density at radius 2 is 1.85 bits per heavy atom. The highest BCUT2D eigenvalue weighted by Crippen LogP contribution is 2.26. The number of nitrogens with two attached hydrogens (primary N) is 1. The third kappa shape index (κ3) is 2.49. The van der Waals surface area contributed by atoms with Crippen LogP contribution in [-0.4, -0.2) is 10.1 Å². The van der Waals surface area contributed by atoms with Crippen molar-refractivity contribution in [1.82, 2.24) is 4.98 Å². The van der Waals surface area contributed by atoms with Crippen molar-refractivity contribution in [3.05, 3.63) is 71.9 Å². The monoisotopic (exact) mass is 264 g/mol. The second-order valence-electron chi connectivity index (χ2n) is 4.88. The van der Waals surface area contributed by atoms with Crippen molar-refractivity contribution in [2.45, 2.75) is 12.5 Å². The number of rotatable bonds is 3. The molecule has 0 saturated carbocycles. The lowest BCUT2D eigenvalue weighted by Gasteiger charge is -2.14. The molecule has 3 aromatic rings. The van der Waals surface area contributed by atoms with Gasteiger partial charge in [-0.2, -0.15) is 0 Å². The molecule has 1 heterocycles. The second-order valence-corrected chi connectivity index (χ2v) is 4.88. The Bertz CT molecular complexity index is 734. The van der Waals surface area contributed by atoms with Crippen molar-refractivity contribution in [1.29, 1.82) is 0 Å². The molecule has 1 aromatic heterocycles. The lowest BCUT2D eigenvalue weighted by Crippen LogP contribution is -2.03. The molecule has 0 radical (unpaired) electrons. The van der Waals surface area contributed by atoms with Crippen LogP contribution in [0.1, 0.15) is 17.2 Å². The average molecular weight is 264 g/mol. The Hall–Kier alpha value is -2.39. The van der Waals surface area contributed by atoms with Gasteiger partial charge in [0.05, 0.1) is 6.10 Å². The number of anilines is 1. The van der Waals surface area contributed by atoms with Crippen LogP contribution >= 0.6 is 0 Å². The van der Waals surface area contributed by atoms with Crippen LogP contribution in [0, 0.1) is 0 Å². The normalized spacial score (nSPS) is 12.4. The molecule has 0 fully saturated rings. The zero-order valence-electron chi connectivity index (χ0n) is 11.0. The van der Waals surface area contributed by atoms with E-state index in [1.807, 2.05) is 36.4 Å². The summed E-state index contributed by atoms with van der Waals surface area (Å²) in [5, 5.41) is 12.7. The first-order valence-electron chi connectivity index (χ1n) is 6.60. The van der Waals surface area contributed by atoms with Gasteiger partial charge in [-0.05, 0) is 34.0 Å². The molecule has 1 atom stereocenters. The van der Waals surface area contributed by atoms with E-state index in [1.54, 1.807) is 12.3 Å². The number of aliphatic hydroxyl groups excluding tert-OH is 1. The number of aromatic nitrogens is 1. The Morgan fingerprint density at radius 3 is 2.70 bits per heavy atom. The van der Waals surface area contributed by atoms with E-state index in [0.717, 1.165) is 21.9 Å². The molecule has 3 rings (SSSR count). The summed E-state index contributed by atoms with van der Waals surface area (Å²) in [5.41, 5.74) is 7.60. The van der Waals surface area contributed by atoms with Crippen LogP contribution in [0.5, 0.6) is 0 Å². The van der Waals surface area contributed by atoms with Gasteiger partial charge in [0.1, 0.15) is 5.82 Å². The summed E-state index contributed by atoms with van der Waals surface area (Å²) in [4.78, 5) is 3.97. The SMILES string of the molecule is Nc1cc(CC(O)c2cccc3ccccc23)ccn1. The molecule has 3 N–H and O–H groups in total. The molecule has 0 aliphatic carbocycles. The molecule has 3 heteroatoms. The minimum absolute atomic E-state index is 0.479. The molecular weight excluding hydrogens is 248 g/mol. The lowest BCUT2D eigenvalue weighted by molar-refractivity contribution is 0.180. The number of pyridine rings is 1. The maximum absolute atomic E-state index is 10.5. The predicted octanol–water partition coefficient (Wildman–Crippen LogP) is 3.09. The molecule has 0 aliphatic rings. The van der Waals surface area contributed by atoms with E-state index in [4.69, 9.17) is 5.73 Å². The number of benzene rings is 2. The highest BCUT2D eigenvalue weighted by molar-refractivity contribution is 5.86. The quantitative estimate of drug-likeness (QED) is 0.764. The highest BCUT2D eigenvalue weighted by Gasteiger charge is 2.12. The molecule has 1 unspecified atom stereocenters. The van der Waals surface area contributed by atoms with Gasteiger partial charge in [0.15, 0.2) is 0 Å². The number of hydrogen-bond acceptors (Lipinski definition) is 3. The summed E-state index contributed by atoms with van der Waals surface area (Å²) < 4.78 is 0. The summed E-state index contributed by atoms with van der Waals surface area (Å²) >= 11 is 0. The molecular formula is C17H16N2O. The first-order chi connectivity index (χ1) is 9.74. The van der Waals surface area contributed by atoms with Gasteiger partial charge in [-0.1, -0.05) is 42.5 Å². The number of aliphatic hydroxyl groups is 1. The summed E-state index contributed by atoms with van der Waals surface area (Å²) in [6.45, 7) is 0. The third-order valence-electron chi connectivity index (χ3n) is 3.46. The molecule has 0 spiro atoms. The van der Waals surface area contributed by atoms with Gasteiger partial charge < -0.3 is 10.8 Å². The Morgan fingerprint density at radius 1 is 1.05 bits per heavy atom. The molecule has 0 saturated heterocycles. The molecule has 2 aromatic carbocycles. The van der Waals surface area contributed by atoms with Crippen LogP contribution in [0.4, 0.5) is 5.82 Å². The van der Waals surface area contributed by atoms with Gasteiger partial charge in [0.25, 0.3) is 0 Å². The minimum atomic E-state index is -0.553. The summed E-state index contributed by atoms with van der Waals surface area (Å²) in [6, 6.07) is 17.8. The molecule has 3 nitrogen and oxygen atoms in total. The molecule has 0 bridgehead atoms. The van der Waals surface area contributed by atoms with Gasteiger partial charge in [-0.3, -0.25) is 0 Å². The molecule has 100 valence electrons. The van der Waals surface area contributed by atoms with Crippen LogP contribution in [0.15, 0.2) is 60.8 Å². The van der Waals surface area contributed by atoms with Gasteiger partial charge in [0, 0.05) is 12.6 Å². The fourth-order valence-electron chi connectivity index (χ4n) is 2.50. The van der Waals surface area contributed by atoms with E-state index in [0.29, 0.717) is 12.2 Å². The van der Waals surface area contributed by atoms with Gasteiger partial charge in [0.2, 0.25) is 0 Å². The van der Waals surface area contributed by atoms with Gasteiger partial charge in [-0.15, -0.1) is 0 Å². The van der Waals surface area contributed by atoms with Gasteiger partial charge in [-0.25, -0.2) is 4.98 Å². The Kier molecular flexibility index (Phi) is 3.35. The van der Waals surface area contributed by atoms with Crippen LogP contribution in [0.25, 0.3) is 10.8 Å². The van der Waals surface area contributed by atoms with Gasteiger partial charge >= 0.3 is 0 Å². The maximum Gasteiger partial charge on any atom is 0.123 e. The third-order valence-corrected chi connectivity index (χ3v) is 3.46. The van der Waals surface area contributed by atoms with Crippen molar-refractivity contribution in [3.63, 3.8) is 0 Å². The zero-order valence-corrected chi connectivity index (χ0v) is 11.0. The number of nitrogen functional groups attached to an aromatic ring is 1. The standard InChI is InChI=1S/C17H16N2O/c18-17-11-12(8-9-19-17)10-16(20)15-7-3-5-13-4-1-2-6-14(13)15/h1-9,11,16,20H,10H2,(H2,18,19). The van der Waals surface area contributed by atoms with E-state index < -0.39 is 6.10 Å². The van der Waals surface area contributed by atoms with Crippen LogP contribution in [0.3, 0.4) is 0 Å².